The Balaban J connectivity index is 2.46. The van der Waals surface area contributed by atoms with Crippen LogP contribution in [0.4, 0.5) is 0 Å². The monoisotopic (exact) mass is 243 g/mol. The molecule has 0 aromatic heterocycles. The minimum Gasteiger partial charge on any atom is -0.395 e. The first-order valence-electron chi connectivity index (χ1n) is 5.16. The van der Waals surface area contributed by atoms with E-state index in [2.05, 4.69) is 0 Å². The van der Waals surface area contributed by atoms with E-state index < -0.39 is 17.3 Å². The molecule has 5 heteroatoms. The third-order valence-electron chi connectivity index (χ3n) is 2.68. The van der Waals surface area contributed by atoms with Gasteiger partial charge >= 0.3 is 0 Å². The molecular weight excluding hydrogens is 234 g/mol. The second-order valence-electron chi connectivity index (χ2n) is 4.00. The van der Waals surface area contributed by atoms with Gasteiger partial charge in [0.2, 0.25) is 5.78 Å². The van der Waals surface area contributed by atoms with Crippen molar-refractivity contribution in [3.05, 3.63) is 46.7 Å². The molecular formula is C13H9NO4. The van der Waals surface area contributed by atoms with Crippen LogP contribution >= 0.6 is 0 Å². The lowest BCUT2D eigenvalue weighted by molar-refractivity contribution is -0.116. The highest BCUT2D eigenvalue weighted by atomic mass is 16.1. The van der Waals surface area contributed by atoms with Gasteiger partial charge in [-0.15, -0.1) is 0 Å². The maximum atomic E-state index is 11.7. The van der Waals surface area contributed by atoms with Crippen LogP contribution < -0.4 is 5.73 Å². The lowest BCUT2D eigenvalue weighted by atomic mass is 9.87. The highest BCUT2D eigenvalue weighted by molar-refractivity contribution is 6.30. The number of hydrogen-bond acceptors (Lipinski definition) is 5. The van der Waals surface area contributed by atoms with E-state index in [0.717, 1.165) is 24.3 Å². The lowest BCUT2D eigenvalue weighted by Gasteiger charge is -2.14. The number of allylic oxidation sites excluding steroid dienone is 7. The van der Waals surface area contributed by atoms with Gasteiger partial charge < -0.3 is 5.73 Å². The molecule has 0 saturated carbocycles. The zero-order valence-electron chi connectivity index (χ0n) is 9.52. The second kappa shape index (κ2) is 4.03. The van der Waals surface area contributed by atoms with Gasteiger partial charge in [-0.3, -0.25) is 19.2 Å². The number of carbonyl (C=O) groups is 4. The molecule has 18 heavy (non-hydrogen) atoms. The molecule has 0 saturated heterocycles. The van der Waals surface area contributed by atoms with Crippen LogP contribution in [0.25, 0.3) is 0 Å². The average Bonchev–Trinajstić information content (AvgIpc) is 2.29. The SMILES string of the molecule is CC1=CC(=O)C(C2=CC(=O)C(N)=CC2=O)=CC1=O. The van der Waals surface area contributed by atoms with Crippen LogP contribution in [0.3, 0.4) is 0 Å². The van der Waals surface area contributed by atoms with Crippen molar-refractivity contribution in [2.24, 2.45) is 5.73 Å². The Hall–Kier alpha value is -2.56. The van der Waals surface area contributed by atoms with Crippen molar-refractivity contribution in [1.29, 1.82) is 0 Å². The Morgan fingerprint density at radius 2 is 1.22 bits per heavy atom. The molecule has 2 aliphatic carbocycles. The topological polar surface area (TPSA) is 94.3 Å². The third-order valence-corrected chi connectivity index (χ3v) is 2.68. The molecule has 2 aliphatic rings. The highest BCUT2D eigenvalue weighted by Crippen LogP contribution is 2.22. The van der Waals surface area contributed by atoms with Crippen molar-refractivity contribution in [1.82, 2.24) is 0 Å². The zero-order chi connectivity index (χ0) is 13.4. The van der Waals surface area contributed by atoms with E-state index in [9.17, 15) is 19.2 Å². The van der Waals surface area contributed by atoms with E-state index in [-0.39, 0.29) is 22.6 Å². The summed E-state index contributed by atoms with van der Waals surface area (Å²) < 4.78 is 0. The third kappa shape index (κ3) is 1.86. The van der Waals surface area contributed by atoms with Crippen molar-refractivity contribution in [3.8, 4) is 0 Å². The second-order valence-corrected chi connectivity index (χ2v) is 4.00. The Morgan fingerprint density at radius 1 is 0.722 bits per heavy atom. The molecule has 0 radical (unpaired) electrons. The molecule has 0 unspecified atom stereocenters. The molecule has 0 fully saturated rings. The Kier molecular flexibility index (Phi) is 2.67. The Morgan fingerprint density at radius 3 is 1.83 bits per heavy atom. The molecule has 0 atom stereocenters. The molecule has 2 rings (SSSR count). The number of carbonyl (C=O) groups excluding carboxylic acids is 4. The largest absolute Gasteiger partial charge is 0.395 e. The van der Waals surface area contributed by atoms with Gasteiger partial charge in [-0.1, -0.05) is 0 Å². The first-order chi connectivity index (χ1) is 8.40. The summed E-state index contributed by atoms with van der Waals surface area (Å²) >= 11 is 0. The van der Waals surface area contributed by atoms with Crippen LogP contribution in [-0.4, -0.2) is 23.1 Å². The lowest BCUT2D eigenvalue weighted by Crippen LogP contribution is -2.23. The van der Waals surface area contributed by atoms with Crippen molar-refractivity contribution in [2.45, 2.75) is 6.92 Å². The van der Waals surface area contributed by atoms with E-state index >= 15 is 0 Å². The quantitative estimate of drug-likeness (QED) is 0.650. The summed E-state index contributed by atoms with van der Waals surface area (Å²) in [4.78, 5) is 46.3. The molecule has 0 bridgehead atoms. The molecule has 2 N–H and O–H groups in total. The van der Waals surface area contributed by atoms with E-state index in [1.165, 1.54) is 6.92 Å². The highest BCUT2D eigenvalue weighted by Gasteiger charge is 2.27. The van der Waals surface area contributed by atoms with Gasteiger partial charge in [0.25, 0.3) is 0 Å². The number of nitrogens with two attached hydrogens (primary N) is 1. The Labute approximate surface area is 102 Å². The van der Waals surface area contributed by atoms with Crippen LogP contribution in [0.2, 0.25) is 0 Å². The minimum atomic E-state index is -0.549. The molecule has 0 aliphatic heterocycles. The molecule has 0 spiro atoms. The van der Waals surface area contributed by atoms with Gasteiger partial charge in [0.05, 0.1) is 5.70 Å². The van der Waals surface area contributed by atoms with Gasteiger partial charge in [-0.25, -0.2) is 0 Å². The fourth-order valence-corrected chi connectivity index (χ4v) is 1.66. The number of rotatable bonds is 1. The summed E-state index contributed by atoms with van der Waals surface area (Å²) in [6.07, 6.45) is 4.17. The van der Waals surface area contributed by atoms with Crippen LogP contribution in [0.15, 0.2) is 46.7 Å². The molecule has 0 heterocycles. The maximum absolute atomic E-state index is 11.7. The molecule has 5 nitrogen and oxygen atoms in total. The summed E-state index contributed by atoms with van der Waals surface area (Å²) in [5.74, 6) is -1.91. The summed E-state index contributed by atoms with van der Waals surface area (Å²) in [6.45, 7) is 1.51. The summed E-state index contributed by atoms with van der Waals surface area (Å²) in [5, 5.41) is 0. The van der Waals surface area contributed by atoms with Crippen molar-refractivity contribution in [3.63, 3.8) is 0 Å². The van der Waals surface area contributed by atoms with Gasteiger partial charge in [0, 0.05) is 22.8 Å². The summed E-state index contributed by atoms with van der Waals surface area (Å²) in [5.41, 5.74) is 5.28. The smallest absolute Gasteiger partial charge is 0.202 e. The van der Waals surface area contributed by atoms with E-state index in [4.69, 9.17) is 5.73 Å². The fourth-order valence-electron chi connectivity index (χ4n) is 1.66. The predicted octanol–water partition coefficient (Wildman–Crippen LogP) is -0.0683. The van der Waals surface area contributed by atoms with Gasteiger partial charge in [0.15, 0.2) is 17.3 Å². The van der Waals surface area contributed by atoms with Crippen molar-refractivity contribution >= 4 is 23.1 Å². The first-order valence-corrected chi connectivity index (χ1v) is 5.16. The average molecular weight is 243 g/mol. The molecule has 0 aromatic rings. The summed E-state index contributed by atoms with van der Waals surface area (Å²) in [6, 6.07) is 0. The van der Waals surface area contributed by atoms with Gasteiger partial charge in [-0.2, -0.15) is 0 Å². The first kappa shape index (κ1) is 11.9. The van der Waals surface area contributed by atoms with Gasteiger partial charge in [0.1, 0.15) is 0 Å². The van der Waals surface area contributed by atoms with Gasteiger partial charge in [-0.05, 0) is 25.2 Å². The number of hydrogen-bond donors (Lipinski definition) is 1. The predicted molar refractivity (Wildman–Crippen MR) is 62.2 cm³/mol. The fraction of sp³-hybridized carbons (Fsp3) is 0.0769. The minimum absolute atomic E-state index is 0.0623. The maximum Gasteiger partial charge on any atom is 0.202 e. The zero-order valence-corrected chi connectivity index (χ0v) is 9.52. The normalized spacial score (nSPS) is 20.3. The van der Waals surface area contributed by atoms with Crippen LogP contribution in [0.5, 0.6) is 0 Å². The molecule has 0 amide bonds. The van der Waals surface area contributed by atoms with Crippen molar-refractivity contribution in [2.75, 3.05) is 0 Å². The Bertz CT molecular complexity index is 573. The van der Waals surface area contributed by atoms with Crippen LogP contribution in [0, 0.1) is 0 Å². The summed E-state index contributed by atoms with van der Waals surface area (Å²) in [7, 11) is 0. The van der Waals surface area contributed by atoms with Crippen LogP contribution in [-0.2, 0) is 19.2 Å². The van der Waals surface area contributed by atoms with E-state index in [0.29, 0.717) is 5.57 Å². The van der Waals surface area contributed by atoms with E-state index in [1.807, 2.05) is 0 Å². The molecule has 90 valence electrons. The van der Waals surface area contributed by atoms with E-state index in [1.54, 1.807) is 0 Å². The van der Waals surface area contributed by atoms with Crippen LogP contribution in [0.1, 0.15) is 6.92 Å². The standard InChI is InChI=1S/C13H9NO4/c1-6-2-11(16)7(3-10(6)15)8-4-13(18)9(14)5-12(8)17/h2-5H,14H2,1H3. The van der Waals surface area contributed by atoms with Crippen molar-refractivity contribution < 1.29 is 19.2 Å². The molecule has 0 aromatic carbocycles. The number of ketones is 4.